The molecule has 0 atom stereocenters. The van der Waals surface area contributed by atoms with Gasteiger partial charge in [0.05, 0.1) is 10.6 Å². The summed E-state index contributed by atoms with van der Waals surface area (Å²) in [6.45, 7) is 2.34. The second kappa shape index (κ2) is 8.99. The van der Waals surface area contributed by atoms with Gasteiger partial charge in [-0.3, -0.25) is 14.5 Å². The predicted octanol–water partition coefficient (Wildman–Crippen LogP) is 3.75. The van der Waals surface area contributed by atoms with E-state index < -0.39 is 0 Å². The topological polar surface area (TPSA) is 58.6 Å². The number of anilines is 1. The maximum atomic E-state index is 13.1. The molecule has 2 aromatic rings. The van der Waals surface area contributed by atoms with Gasteiger partial charge in [-0.2, -0.15) is 0 Å². The molecule has 1 aliphatic heterocycles. The van der Waals surface area contributed by atoms with Crippen molar-refractivity contribution in [1.29, 1.82) is 0 Å². The first-order chi connectivity index (χ1) is 13.5. The summed E-state index contributed by atoms with van der Waals surface area (Å²) in [5.74, 6) is -0.254. The van der Waals surface area contributed by atoms with Gasteiger partial charge in [0, 0.05) is 6.54 Å². The highest BCUT2D eigenvalue weighted by Crippen LogP contribution is 2.36. The fourth-order valence-electron chi connectivity index (χ4n) is 2.49. The number of thiocarbonyl (C=S) groups is 1. The van der Waals surface area contributed by atoms with E-state index in [1.807, 2.05) is 6.92 Å². The Balaban J connectivity index is 1.69. The van der Waals surface area contributed by atoms with Crippen molar-refractivity contribution in [2.75, 3.05) is 18.1 Å². The van der Waals surface area contributed by atoms with Gasteiger partial charge in [-0.15, -0.1) is 0 Å². The Kier molecular flexibility index (Phi) is 6.43. The lowest BCUT2D eigenvalue weighted by molar-refractivity contribution is -0.123. The van der Waals surface area contributed by atoms with Gasteiger partial charge < -0.3 is 10.1 Å². The fraction of sp³-hybridized carbons (Fsp3) is 0.150. The van der Waals surface area contributed by atoms with Gasteiger partial charge in [-0.25, -0.2) is 4.39 Å². The largest absolute Gasteiger partial charge is 0.484 e. The minimum atomic E-state index is -0.376. The van der Waals surface area contributed by atoms with Crippen LogP contribution in [0, 0.1) is 5.82 Å². The van der Waals surface area contributed by atoms with Crippen LogP contribution < -0.4 is 15.0 Å². The van der Waals surface area contributed by atoms with Crippen molar-refractivity contribution >= 4 is 51.9 Å². The molecule has 1 aliphatic rings. The Morgan fingerprint density at radius 2 is 1.89 bits per heavy atom. The summed E-state index contributed by atoms with van der Waals surface area (Å²) in [5.41, 5.74) is 1.33. The molecule has 2 aromatic carbocycles. The van der Waals surface area contributed by atoms with Crippen LogP contribution in [0.2, 0.25) is 0 Å². The zero-order valence-electron chi connectivity index (χ0n) is 15.0. The van der Waals surface area contributed by atoms with E-state index in [0.29, 0.717) is 27.2 Å². The van der Waals surface area contributed by atoms with Crippen LogP contribution in [0.25, 0.3) is 6.08 Å². The Morgan fingerprint density at radius 3 is 2.54 bits per heavy atom. The third-order valence-corrected chi connectivity index (χ3v) is 5.10. The molecule has 0 saturated carbocycles. The second-order valence-corrected chi connectivity index (χ2v) is 7.48. The van der Waals surface area contributed by atoms with Crippen molar-refractivity contribution in [3.05, 3.63) is 64.8 Å². The van der Waals surface area contributed by atoms with E-state index in [1.165, 1.54) is 40.9 Å². The van der Waals surface area contributed by atoms with E-state index in [9.17, 15) is 14.0 Å². The van der Waals surface area contributed by atoms with Gasteiger partial charge in [0.15, 0.2) is 10.9 Å². The van der Waals surface area contributed by atoms with Crippen molar-refractivity contribution in [1.82, 2.24) is 5.32 Å². The molecule has 1 heterocycles. The van der Waals surface area contributed by atoms with Crippen molar-refractivity contribution in [3.8, 4) is 5.75 Å². The number of carbonyl (C=O) groups is 2. The zero-order valence-corrected chi connectivity index (χ0v) is 16.6. The molecule has 28 heavy (non-hydrogen) atoms. The molecule has 0 aliphatic carbocycles. The lowest BCUT2D eigenvalue weighted by Gasteiger charge is -2.14. The van der Waals surface area contributed by atoms with Crippen molar-refractivity contribution in [2.24, 2.45) is 0 Å². The average Bonchev–Trinajstić information content (AvgIpc) is 2.95. The van der Waals surface area contributed by atoms with Gasteiger partial charge in [0.2, 0.25) is 0 Å². The smallest absolute Gasteiger partial charge is 0.270 e. The highest BCUT2D eigenvalue weighted by Gasteiger charge is 2.33. The molecular formula is C20H17FN2O3S2. The van der Waals surface area contributed by atoms with Gasteiger partial charge in [0.1, 0.15) is 11.6 Å². The number of nitrogens with zero attached hydrogens (tertiary/aromatic N) is 1. The molecular weight excluding hydrogens is 399 g/mol. The Hall–Kier alpha value is -2.71. The Bertz CT molecular complexity index is 927. The number of likely N-dealkylation sites (N-methyl/N-ethyl adjacent to an activating group) is 1. The van der Waals surface area contributed by atoms with Crippen LogP contribution >= 0.6 is 24.0 Å². The minimum absolute atomic E-state index is 0.0521. The number of hydrogen-bond donors (Lipinski definition) is 1. The van der Waals surface area contributed by atoms with Crippen LogP contribution in [0.4, 0.5) is 10.1 Å². The van der Waals surface area contributed by atoms with E-state index in [1.54, 1.807) is 30.3 Å². The first-order valence-electron chi connectivity index (χ1n) is 8.51. The molecule has 2 amide bonds. The minimum Gasteiger partial charge on any atom is -0.484 e. The number of thioether (sulfide) groups is 1. The van der Waals surface area contributed by atoms with Crippen LogP contribution in [0.3, 0.4) is 0 Å². The van der Waals surface area contributed by atoms with Crippen molar-refractivity contribution in [2.45, 2.75) is 6.92 Å². The molecule has 0 bridgehead atoms. The fourth-order valence-corrected chi connectivity index (χ4v) is 3.79. The summed E-state index contributed by atoms with van der Waals surface area (Å²) in [6, 6.07) is 12.6. The quantitative estimate of drug-likeness (QED) is 0.574. The third kappa shape index (κ3) is 4.76. The van der Waals surface area contributed by atoms with Gasteiger partial charge in [0.25, 0.3) is 11.8 Å². The number of hydrogen-bond acceptors (Lipinski definition) is 5. The van der Waals surface area contributed by atoms with E-state index in [-0.39, 0.29) is 24.2 Å². The van der Waals surface area contributed by atoms with Crippen LogP contribution in [-0.2, 0) is 9.59 Å². The van der Waals surface area contributed by atoms with Gasteiger partial charge in [-0.05, 0) is 55.0 Å². The first kappa shape index (κ1) is 20.0. The Morgan fingerprint density at radius 1 is 1.21 bits per heavy atom. The molecule has 3 rings (SSSR count). The average molecular weight is 416 g/mol. The maximum Gasteiger partial charge on any atom is 0.270 e. The van der Waals surface area contributed by atoms with E-state index in [0.717, 1.165) is 5.56 Å². The molecule has 0 aromatic heterocycles. The lowest BCUT2D eigenvalue weighted by Crippen LogP contribution is -2.28. The predicted molar refractivity (Wildman–Crippen MR) is 113 cm³/mol. The number of ether oxygens (including phenoxy) is 1. The zero-order chi connectivity index (χ0) is 20.1. The SMILES string of the molecule is CCNC(=O)COc1ccc(/C=C2\SC(=S)N(c3ccc(F)cc3)C2=O)cc1. The van der Waals surface area contributed by atoms with Crippen LogP contribution in [0.15, 0.2) is 53.4 Å². The molecule has 1 fully saturated rings. The summed E-state index contributed by atoms with van der Waals surface area (Å²) in [6.07, 6.45) is 1.73. The molecule has 5 nitrogen and oxygen atoms in total. The van der Waals surface area contributed by atoms with Crippen molar-refractivity contribution in [3.63, 3.8) is 0 Å². The number of benzene rings is 2. The number of halogens is 1. The van der Waals surface area contributed by atoms with Gasteiger partial charge in [-0.1, -0.05) is 36.1 Å². The van der Waals surface area contributed by atoms with Crippen LogP contribution in [0.1, 0.15) is 12.5 Å². The molecule has 1 saturated heterocycles. The Labute approximate surface area is 171 Å². The standard InChI is InChI=1S/C20H17FN2O3S2/c1-2-22-18(24)12-26-16-9-3-13(4-10-16)11-17-19(25)23(20(27)28-17)15-7-5-14(21)6-8-15/h3-11H,2,12H2,1H3,(H,22,24)/b17-11-. The summed E-state index contributed by atoms with van der Waals surface area (Å²) in [7, 11) is 0. The van der Waals surface area contributed by atoms with E-state index >= 15 is 0 Å². The number of nitrogens with one attached hydrogen (secondary N) is 1. The summed E-state index contributed by atoms with van der Waals surface area (Å²) in [5, 5.41) is 2.65. The molecule has 0 radical (unpaired) electrons. The number of carbonyl (C=O) groups excluding carboxylic acids is 2. The molecule has 0 unspecified atom stereocenters. The monoisotopic (exact) mass is 416 g/mol. The molecule has 144 valence electrons. The van der Waals surface area contributed by atoms with Gasteiger partial charge >= 0.3 is 0 Å². The molecule has 0 spiro atoms. The van der Waals surface area contributed by atoms with E-state index in [2.05, 4.69) is 5.32 Å². The van der Waals surface area contributed by atoms with E-state index in [4.69, 9.17) is 17.0 Å². The maximum absolute atomic E-state index is 13.1. The molecule has 8 heteroatoms. The third-order valence-electron chi connectivity index (χ3n) is 3.80. The lowest BCUT2D eigenvalue weighted by atomic mass is 10.2. The summed E-state index contributed by atoms with van der Waals surface area (Å²) in [4.78, 5) is 26.0. The summed E-state index contributed by atoms with van der Waals surface area (Å²) < 4.78 is 18.9. The van der Waals surface area contributed by atoms with Crippen LogP contribution in [-0.4, -0.2) is 29.3 Å². The number of rotatable bonds is 6. The van der Waals surface area contributed by atoms with Crippen molar-refractivity contribution < 1.29 is 18.7 Å². The highest BCUT2D eigenvalue weighted by atomic mass is 32.2. The second-order valence-electron chi connectivity index (χ2n) is 5.80. The van der Waals surface area contributed by atoms with Crippen LogP contribution in [0.5, 0.6) is 5.75 Å². The summed E-state index contributed by atoms with van der Waals surface area (Å²) >= 11 is 6.49. The number of amides is 2. The normalized spacial score (nSPS) is 15.2. The highest BCUT2D eigenvalue weighted by molar-refractivity contribution is 8.27. The first-order valence-corrected chi connectivity index (χ1v) is 9.73. The molecule has 1 N–H and O–H groups in total.